The van der Waals surface area contributed by atoms with Crippen molar-refractivity contribution in [1.82, 2.24) is 4.98 Å². The summed E-state index contributed by atoms with van der Waals surface area (Å²) in [6.45, 7) is 4.41. The average Bonchev–Trinajstić information content (AvgIpc) is 3.00. The summed E-state index contributed by atoms with van der Waals surface area (Å²) in [5.41, 5.74) is 1.93. The third kappa shape index (κ3) is 2.85. The van der Waals surface area contributed by atoms with Gasteiger partial charge in [-0.1, -0.05) is 6.07 Å². The van der Waals surface area contributed by atoms with Crippen LogP contribution in [-0.2, 0) is 17.8 Å². The van der Waals surface area contributed by atoms with Gasteiger partial charge < -0.3 is 14.6 Å². The largest absolute Gasteiger partial charge is 0.486 e. The molecule has 0 bridgehead atoms. The standard InChI is InChI=1S/C15H15NO4S/c1-8-9(2)21-14(16-8)7-19-11-4-3-10-5-13(15(17)18)20-12(10)6-11/h3-4,6,13H,5,7H2,1-2H3,(H,17,18). The van der Waals surface area contributed by atoms with Gasteiger partial charge in [-0.2, -0.15) is 0 Å². The summed E-state index contributed by atoms with van der Waals surface area (Å²) in [6, 6.07) is 5.43. The number of carboxylic acids is 1. The van der Waals surface area contributed by atoms with Crippen LogP contribution in [-0.4, -0.2) is 22.2 Å². The molecule has 0 saturated heterocycles. The van der Waals surface area contributed by atoms with Gasteiger partial charge in [0.05, 0.1) is 5.69 Å². The van der Waals surface area contributed by atoms with Crippen molar-refractivity contribution in [2.24, 2.45) is 0 Å². The summed E-state index contributed by atoms with van der Waals surface area (Å²) < 4.78 is 11.1. The van der Waals surface area contributed by atoms with Crippen LogP contribution < -0.4 is 9.47 Å². The molecule has 1 N–H and O–H groups in total. The monoisotopic (exact) mass is 305 g/mol. The number of carboxylic acid groups (broad SMARTS) is 1. The number of carbonyl (C=O) groups is 1. The summed E-state index contributed by atoms with van der Waals surface area (Å²) in [5, 5.41) is 9.90. The van der Waals surface area contributed by atoms with E-state index in [0.29, 0.717) is 24.5 Å². The summed E-state index contributed by atoms with van der Waals surface area (Å²) in [4.78, 5) is 16.5. The van der Waals surface area contributed by atoms with Crippen LogP contribution >= 0.6 is 11.3 Å². The summed E-state index contributed by atoms with van der Waals surface area (Å²) in [6.07, 6.45) is -0.393. The highest BCUT2D eigenvalue weighted by molar-refractivity contribution is 7.11. The smallest absolute Gasteiger partial charge is 0.345 e. The first kappa shape index (κ1) is 13.9. The zero-order valence-corrected chi connectivity index (χ0v) is 12.6. The van der Waals surface area contributed by atoms with Gasteiger partial charge in [0, 0.05) is 17.4 Å². The number of aliphatic carboxylic acids is 1. The maximum Gasteiger partial charge on any atom is 0.345 e. The van der Waals surface area contributed by atoms with Crippen LogP contribution in [0.1, 0.15) is 21.1 Å². The molecule has 3 rings (SSSR count). The highest BCUT2D eigenvalue weighted by Gasteiger charge is 2.28. The summed E-state index contributed by atoms with van der Waals surface area (Å²) in [5.74, 6) is 0.305. The zero-order valence-electron chi connectivity index (χ0n) is 11.8. The quantitative estimate of drug-likeness (QED) is 0.940. The van der Waals surface area contributed by atoms with E-state index in [1.165, 1.54) is 4.88 Å². The molecule has 1 unspecified atom stereocenters. The SMILES string of the molecule is Cc1nc(COc2ccc3c(c2)OC(C(=O)O)C3)sc1C. The molecule has 0 radical (unpaired) electrons. The van der Waals surface area contributed by atoms with E-state index in [1.807, 2.05) is 26.0 Å². The lowest BCUT2D eigenvalue weighted by molar-refractivity contribution is -0.144. The summed E-state index contributed by atoms with van der Waals surface area (Å²) in [7, 11) is 0. The van der Waals surface area contributed by atoms with Gasteiger partial charge in [0.15, 0.2) is 6.10 Å². The van der Waals surface area contributed by atoms with Crippen molar-refractivity contribution >= 4 is 17.3 Å². The molecule has 1 aromatic carbocycles. The van der Waals surface area contributed by atoms with Crippen LogP contribution in [0.15, 0.2) is 18.2 Å². The van der Waals surface area contributed by atoms with E-state index in [9.17, 15) is 4.79 Å². The molecule has 1 aromatic heterocycles. The van der Waals surface area contributed by atoms with Crippen molar-refractivity contribution in [3.8, 4) is 11.5 Å². The van der Waals surface area contributed by atoms with E-state index in [2.05, 4.69) is 4.98 Å². The highest BCUT2D eigenvalue weighted by atomic mass is 32.1. The number of thiazole rings is 1. The zero-order chi connectivity index (χ0) is 15.0. The van der Waals surface area contributed by atoms with Gasteiger partial charge >= 0.3 is 5.97 Å². The van der Waals surface area contributed by atoms with Gasteiger partial charge in [-0.05, 0) is 25.5 Å². The molecular weight excluding hydrogens is 290 g/mol. The lowest BCUT2D eigenvalue weighted by atomic mass is 10.1. The van der Waals surface area contributed by atoms with Gasteiger partial charge in [0.2, 0.25) is 0 Å². The van der Waals surface area contributed by atoms with Crippen LogP contribution in [0.2, 0.25) is 0 Å². The Morgan fingerprint density at radius 2 is 2.33 bits per heavy atom. The normalized spacial score (nSPS) is 16.4. The lowest BCUT2D eigenvalue weighted by Crippen LogP contribution is -2.24. The number of rotatable bonds is 4. The Balaban J connectivity index is 1.68. The van der Waals surface area contributed by atoms with Gasteiger partial charge in [-0.25, -0.2) is 9.78 Å². The van der Waals surface area contributed by atoms with Gasteiger partial charge in [0.1, 0.15) is 23.1 Å². The fourth-order valence-electron chi connectivity index (χ4n) is 2.18. The molecule has 0 amide bonds. The van der Waals surface area contributed by atoms with Crippen LogP contribution in [0.4, 0.5) is 0 Å². The number of aromatic nitrogens is 1. The fraction of sp³-hybridized carbons (Fsp3) is 0.333. The second-order valence-corrected chi connectivity index (χ2v) is 6.24. The Kier molecular flexibility index (Phi) is 3.55. The van der Waals surface area contributed by atoms with Crippen molar-refractivity contribution in [2.75, 3.05) is 0 Å². The second-order valence-electron chi connectivity index (χ2n) is 4.96. The molecule has 1 aliphatic heterocycles. The molecule has 0 aliphatic carbocycles. The number of benzene rings is 1. The minimum Gasteiger partial charge on any atom is -0.486 e. The van der Waals surface area contributed by atoms with E-state index in [-0.39, 0.29) is 0 Å². The first-order chi connectivity index (χ1) is 10.0. The van der Waals surface area contributed by atoms with Crippen molar-refractivity contribution in [3.63, 3.8) is 0 Å². The molecule has 0 spiro atoms. The Hall–Kier alpha value is -2.08. The van der Waals surface area contributed by atoms with Crippen LogP contribution in [0.5, 0.6) is 11.5 Å². The number of hydrogen-bond donors (Lipinski definition) is 1. The maximum absolute atomic E-state index is 10.9. The minimum absolute atomic E-state index is 0.399. The third-order valence-corrected chi connectivity index (χ3v) is 4.47. The number of nitrogens with zero attached hydrogens (tertiary/aromatic N) is 1. The third-order valence-electron chi connectivity index (χ3n) is 3.42. The predicted molar refractivity (Wildman–Crippen MR) is 78.1 cm³/mol. The first-order valence-electron chi connectivity index (χ1n) is 6.61. The minimum atomic E-state index is -0.942. The van der Waals surface area contributed by atoms with Crippen molar-refractivity contribution in [1.29, 1.82) is 0 Å². The fourth-order valence-corrected chi connectivity index (χ4v) is 3.03. The average molecular weight is 305 g/mol. The number of aryl methyl sites for hydroxylation is 2. The topological polar surface area (TPSA) is 68.7 Å². The molecule has 2 aromatic rings. The van der Waals surface area contributed by atoms with Gasteiger partial charge in [-0.3, -0.25) is 0 Å². The van der Waals surface area contributed by atoms with Gasteiger partial charge in [-0.15, -0.1) is 11.3 Å². The number of ether oxygens (including phenoxy) is 2. The van der Waals surface area contributed by atoms with E-state index in [4.69, 9.17) is 14.6 Å². The predicted octanol–water partition coefficient (Wildman–Crippen LogP) is 2.73. The van der Waals surface area contributed by atoms with E-state index in [1.54, 1.807) is 17.4 Å². The van der Waals surface area contributed by atoms with Crippen LogP contribution in [0, 0.1) is 13.8 Å². The Morgan fingerprint density at radius 1 is 1.52 bits per heavy atom. The Labute approximate surface area is 126 Å². The van der Waals surface area contributed by atoms with Crippen LogP contribution in [0.3, 0.4) is 0 Å². The molecule has 5 nitrogen and oxygen atoms in total. The summed E-state index contributed by atoms with van der Waals surface area (Å²) >= 11 is 1.62. The van der Waals surface area contributed by atoms with Crippen molar-refractivity contribution in [3.05, 3.63) is 39.3 Å². The van der Waals surface area contributed by atoms with Crippen LogP contribution in [0.25, 0.3) is 0 Å². The molecule has 1 aliphatic rings. The van der Waals surface area contributed by atoms with E-state index < -0.39 is 12.1 Å². The molecule has 21 heavy (non-hydrogen) atoms. The first-order valence-corrected chi connectivity index (χ1v) is 7.42. The molecular formula is C15H15NO4S. The molecule has 0 fully saturated rings. The maximum atomic E-state index is 10.9. The molecule has 1 atom stereocenters. The molecule has 110 valence electrons. The van der Waals surface area contributed by atoms with E-state index in [0.717, 1.165) is 16.3 Å². The number of hydrogen-bond acceptors (Lipinski definition) is 5. The van der Waals surface area contributed by atoms with E-state index >= 15 is 0 Å². The Morgan fingerprint density at radius 3 is 3.00 bits per heavy atom. The lowest BCUT2D eigenvalue weighted by Gasteiger charge is -2.07. The number of fused-ring (bicyclic) bond motifs is 1. The molecule has 2 heterocycles. The Bertz CT molecular complexity index is 675. The molecule has 6 heteroatoms. The van der Waals surface area contributed by atoms with Crippen molar-refractivity contribution in [2.45, 2.75) is 33.0 Å². The highest BCUT2D eigenvalue weighted by Crippen LogP contribution is 2.33. The molecule has 0 saturated carbocycles. The van der Waals surface area contributed by atoms with Gasteiger partial charge in [0.25, 0.3) is 0 Å². The second kappa shape index (κ2) is 5.37. The van der Waals surface area contributed by atoms with Crippen molar-refractivity contribution < 1.29 is 19.4 Å².